The Labute approximate surface area is 197 Å². The Morgan fingerprint density at radius 3 is 2.41 bits per heavy atom. The normalized spacial score (nSPS) is 16.1. The molecule has 1 aliphatic carbocycles. The lowest BCUT2D eigenvalue weighted by molar-refractivity contribution is -0.135. The Bertz CT molecular complexity index is 1150. The molecule has 1 aliphatic rings. The third kappa shape index (κ3) is 4.36. The van der Waals surface area contributed by atoms with E-state index >= 15 is 0 Å². The van der Waals surface area contributed by atoms with E-state index in [1.54, 1.807) is 39.1 Å². The van der Waals surface area contributed by atoms with E-state index in [0.717, 1.165) is 0 Å². The second-order valence-electron chi connectivity index (χ2n) is 7.93. The van der Waals surface area contributed by atoms with Gasteiger partial charge in [-0.15, -0.1) is 6.58 Å². The first kappa shape index (κ1) is 24.1. The van der Waals surface area contributed by atoms with Gasteiger partial charge in [-0.25, -0.2) is 8.78 Å². The Morgan fingerprint density at radius 2 is 1.88 bits per heavy atom. The van der Waals surface area contributed by atoms with Crippen LogP contribution in [0.3, 0.4) is 0 Å². The molecule has 2 N–H and O–H groups in total. The average Bonchev–Trinajstić information content (AvgIpc) is 2.91. The van der Waals surface area contributed by atoms with Crippen LogP contribution < -0.4 is 10.6 Å². The van der Waals surface area contributed by atoms with Gasteiger partial charge in [0.05, 0.1) is 16.1 Å². The van der Waals surface area contributed by atoms with Crippen LogP contribution in [-0.2, 0) is 11.8 Å². The zero-order valence-corrected chi connectivity index (χ0v) is 20.0. The number of amides is 2. The van der Waals surface area contributed by atoms with Crippen LogP contribution in [0.25, 0.3) is 0 Å². The number of nitrogens with one attached hydrogen (secondary N) is 2. The zero-order chi connectivity index (χ0) is 24.0. The van der Waals surface area contributed by atoms with Crippen LogP contribution in [0.4, 0.5) is 14.5 Å². The molecule has 10 heteroatoms. The van der Waals surface area contributed by atoms with Crippen molar-refractivity contribution >= 4 is 50.8 Å². The molecular weight excluding hydrogens is 508 g/mol. The number of anilines is 1. The highest BCUT2D eigenvalue weighted by Crippen LogP contribution is 2.46. The first-order valence-electron chi connectivity index (χ1n) is 9.61. The Morgan fingerprint density at radius 1 is 1.25 bits per heavy atom. The smallest absolute Gasteiger partial charge is 0.293 e. The number of aromatic nitrogens is 1. The first-order valence-corrected chi connectivity index (χ1v) is 10.8. The molecule has 2 aromatic rings. The number of carbonyl (C=O) groups excluding carboxylic acids is 3. The maximum Gasteiger partial charge on any atom is 0.293 e. The monoisotopic (exact) mass is 527 g/mol. The van der Waals surface area contributed by atoms with Crippen LogP contribution in [0, 0.1) is 13.8 Å². The number of alkyl halides is 2. The predicted octanol–water partition coefficient (Wildman–Crippen LogP) is 4.96. The van der Waals surface area contributed by atoms with E-state index in [-0.39, 0.29) is 11.3 Å². The van der Waals surface area contributed by atoms with E-state index in [2.05, 4.69) is 33.1 Å². The van der Waals surface area contributed by atoms with E-state index in [1.807, 2.05) is 0 Å². The molecule has 1 aromatic carbocycles. The lowest BCUT2D eigenvalue weighted by Crippen LogP contribution is -2.62. The second-order valence-corrected chi connectivity index (χ2v) is 9.19. The molecule has 3 rings (SSSR count). The summed E-state index contributed by atoms with van der Waals surface area (Å²) in [5, 5.41) is 5.60. The minimum Gasteiger partial charge on any atom is -0.343 e. The van der Waals surface area contributed by atoms with Gasteiger partial charge in [0.1, 0.15) is 5.69 Å². The highest BCUT2D eigenvalue weighted by atomic mass is 79.9. The van der Waals surface area contributed by atoms with Crippen LogP contribution >= 0.6 is 27.5 Å². The van der Waals surface area contributed by atoms with E-state index in [4.69, 9.17) is 11.6 Å². The number of carbonyl (C=O) groups is 3. The lowest BCUT2D eigenvalue weighted by Gasteiger charge is -2.45. The van der Waals surface area contributed by atoms with Crippen molar-refractivity contribution in [3.05, 3.63) is 62.9 Å². The molecule has 1 aromatic heterocycles. The maximum absolute atomic E-state index is 13.4. The average molecular weight is 529 g/mol. The summed E-state index contributed by atoms with van der Waals surface area (Å²) in [6.45, 7) is 6.66. The molecule has 32 heavy (non-hydrogen) atoms. The van der Waals surface area contributed by atoms with Gasteiger partial charge in [0.25, 0.3) is 23.5 Å². The molecule has 170 valence electrons. The van der Waals surface area contributed by atoms with Crippen molar-refractivity contribution in [2.45, 2.75) is 38.2 Å². The van der Waals surface area contributed by atoms with Crippen LogP contribution in [-0.4, -0.2) is 33.6 Å². The van der Waals surface area contributed by atoms with E-state index in [9.17, 15) is 23.2 Å². The molecule has 0 radical (unpaired) electrons. The fourth-order valence-electron chi connectivity index (χ4n) is 3.95. The van der Waals surface area contributed by atoms with Crippen LogP contribution in [0.5, 0.6) is 0 Å². The zero-order valence-electron chi connectivity index (χ0n) is 17.6. The largest absolute Gasteiger partial charge is 0.343 e. The van der Waals surface area contributed by atoms with Gasteiger partial charge in [-0.2, -0.15) is 0 Å². The van der Waals surface area contributed by atoms with Crippen molar-refractivity contribution in [1.29, 1.82) is 0 Å². The summed E-state index contributed by atoms with van der Waals surface area (Å²) in [6, 6.07) is 4.87. The fourth-order valence-corrected chi connectivity index (χ4v) is 4.45. The number of benzene rings is 1. The van der Waals surface area contributed by atoms with Crippen molar-refractivity contribution in [2.24, 2.45) is 7.05 Å². The summed E-state index contributed by atoms with van der Waals surface area (Å²) in [5.74, 6) is -5.32. The summed E-state index contributed by atoms with van der Waals surface area (Å²) in [6.07, 6.45) is 0.00256. The van der Waals surface area contributed by atoms with Crippen LogP contribution in [0.1, 0.15) is 44.9 Å². The minimum absolute atomic E-state index is 0.0535. The summed E-state index contributed by atoms with van der Waals surface area (Å²) in [5.41, 5.74) is 0.110. The number of nitrogens with zero attached hydrogens (tertiary/aromatic N) is 1. The maximum atomic E-state index is 13.4. The molecule has 0 saturated heterocycles. The van der Waals surface area contributed by atoms with Crippen LogP contribution in [0.15, 0.2) is 35.3 Å². The van der Waals surface area contributed by atoms with Gasteiger partial charge >= 0.3 is 0 Å². The molecule has 2 amide bonds. The molecule has 1 fully saturated rings. The standard InChI is InChI=1S/C22H21BrClF2N3O3/c1-5-21(9-22(25,26)10-21)28-20(32)18(30)16-11(2)17(29(4)12(16)3)19(31)27-13-6-7-15(24)14(23)8-13/h5-8H,1,9-10H2,2-4H3,(H,27,31)(H,28,32). The van der Waals surface area contributed by atoms with Gasteiger partial charge in [0, 0.05) is 35.7 Å². The minimum atomic E-state index is -2.91. The second kappa shape index (κ2) is 8.44. The van der Waals surface area contributed by atoms with Crippen LogP contribution in [0.2, 0.25) is 5.02 Å². The van der Waals surface area contributed by atoms with E-state index in [1.165, 1.54) is 10.6 Å². The molecule has 0 bridgehead atoms. The van der Waals surface area contributed by atoms with E-state index < -0.39 is 41.9 Å². The fraction of sp³-hybridized carbons (Fsp3) is 0.318. The molecule has 0 atom stereocenters. The highest BCUT2D eigenvalue weighted by molar-refractivity contribution is 9.10. The van der Waals surface area contributed by atoms with Gasteiger partial charge in [-0.05, 0) is 53.5 Å². The number of halogens is 4. The number of Topliss-reactive ketones (excluding diaryl/α,β-unsaturated/α-hetero) is 1. The van der Waals surface area contributed by atoms with Crippen molar-refractivity contribution in [2.75, 3.05) is 5.32 Å². The number of hydrogen-bond donors (Lipinski definition) is 2. The van der Waals surface area contributed by atoms with Gasteiger partial charge < -0.3 is 15.2 Å². The summed E-state index contributed by atoms with van der Waals surface area (Å²) in [7, 11) is 1.60. The molecule has 0 unspecified atom stereocenters. The Kier molecular flexibility index (Phi) is 6.36. The van der Waals surface area contributed by atoms with Gasteiger partial charge in [0.15, 0.2) is 0 Å². The van der Waals surface area contributed by atoms with Crippen molar-refractivity contribution in [1.82, 2.24) is 9.88 Å². The quantitative estimate of drug-likeness (QED) is 0.316. The highest BCUT2D eigenvalue weighted by Gasteiger charge is 2.56. The van der Waals surface area contributed by atoms with Gasteiger partial charge in [-0.3, -0.25) is 14.4 Å². The van der Waals surface area contributed by atoms with Crippen molar-refractivity contribution in [3.63, 3.8) is 0 Å². The molecule has 0 spiro atoms. The van der Waals surface area contributed by atoms with Crippen molar-refractivity contribution in [3.8, 4) is 0 Å². The van der Waals surface area contributed by atoms with E-state index in [0.29, 0.717) is 26.4 Å². The first-order chi connectivity index (χ1) is 14.8. The number of rotatable bonds is 6. The predicted molar refractivity (Wildman–Crippen MR) is 122 cm³/mol. The number of hydrogen-bond acceptors (Lipinski definition) is 3. The Balaban J connectivity index is 1.85. The SMILES string of the molecule is C=CC1(NC(=O)C(=O)c2c(C)c(C(=O)Nc3ccc(Cl)c(Br)c3)n(C)c2C)CC(F)(F)C1. The topological polar surface area (TPSA) is 80.2 Å². The van der Waals surface area contributed by atoms with Crippen molar-refractivity contribution < 1.29 is 23.2 Å². The molecule has 0 aliphatic heterocycles. The third-order valence-corrected chi connectivity index (χ3v) is 6.87. The Hall–Kier alpha value is -2.52. The van der Waals surface area contributed by atoms with Gasteiger partial charge in [0.2, 0.25) is 0 Å². The lowest BCUT2D eigenvalue weighted by atomic mass is 9.73. The molecular formula is C22H21BrClF2N3O3. The molecule has 6 nitrogen and oxygen atoms in total. The number of ketones is 1. The molecule has 1 heterocycles. The third-order valence-electron chi connectivity index (χ3n) is 5.66. The summed E-state index contributed by atoms with van der Waals surface area (Å²) < 4.78 is 28.8. The summed E-state index contributed by atoms with van der Waals surface area (Å²) in [4.78, 5) is 38.4. The van der Waals surface area contributed by atoms with Gasteiger partial charge in [-0.1, -0.05) is 17.7 Å². The summed E-state index contributed by atoms with van der Waals surface area (Å²) >= 11 is 9.26. The molecule has 1 saturated carbocycles.